The highest BCUT2D eigenvalue weighted by Gasteiger charge is 2.44. The number of ether oxygens (including phenoxy) is 1. The molecular weight excluding hydrogens is 372 g/mol. The number of amides is 3. The average Bonchev–Trinajstić information content (AvgIpc) is 2.96. The van der Waals surface area contributed by atoms with Crippen LogP contribution in [0.2, 0.25) is 0 Å². The van der Waals surface area contributed by atoms with Gasteiger partial charge in [0.1, 0.15) is 17.7 Å². The largest absolute Gasteiger partial charge is 0.444 e. The highest BCUT2D eigenvalue weighted by molar-refractivity contribution is 5.91. The Kier molecular flexibility index (Phi) is 7.19. The first kappa shape index (κ1) is 23.0. The third-order valence-corrected chi connectivity index (χ3v) is 5.30. The van der Waals surface area contributed by atoms with Crippen molar-refractivity contribution in [2.24, 2.45) is 11.7 Å². The van der Waals surface area contributed by atoms with Crippen LogP contribution >= 0.6 is 0 Å². The summed E-state index contributed by atoms with van der Waals surface area (Å²) in [4.78, 5) is 41.3. The predicted octanol–water partition coefficient (Wildman–Crippen LogP) is 1.99. The molecule has 3 N–H and O–H groups in total. The molecule has 164 valence electrons. The third kappa shape index (κ3) is 6.11. The number of allylic oxidation sites excluding steroid dienone is 1. The summed E-state index contributed by atoms with van der Waals surface area (Å²) >= 11 is 0. The van der Waals surface area contributed by atoms with Crippen LogP contribution in [0.1, 0.15) is 60.3 Å². The van der Waals surface area contributed by atoms with E-state index in [1.807, 2.05) is 0 Å². The number of nitrogens with two attached hydrogens (primary N) is 1. The molecule has 2 rings (SSSR count). The van der Waals surface area contributed by atoms with Crippen LogP contribution in [0.4, 0.5) is 4.79 Å². The van der Waals surface area contributed by atoms with Gasteiger partial charge in [-0.2, -0.15) is 0 Å². The number of hydrogen-bond acceptors (Lipinski definition) is 5. The van der Waals surface area contributed by atoms with E-state index in [2.05, 4.69) is 30.6 Å². The maximum absolute atomic E-state index is 13.4. The Balaban J connectivity index is 2.27. The number of carbonyl (C=O) groups is 3. The summed E-state index contributed by atoms with van der Waals surface area (Å²) in [7, 11) is 0. The van der Waals surface area contributed by atoms with Gasteiger partial charge in [0.15, 0.2) is 0 Å². The van der Waals surface area contributed by atoms with E-state index >= 15 is 0 Å². The molecule has 0 aromatic heterocycles. The highest BCUT2D eigenvalue weighted by Crippen LogP contribution is 2.30. The highest BCUT2D eigenvalue weighted by atomic mass is 16.6. The van der Waals surface area contributed by atoms with Gasteiger partial charge < -0.3 is 25.6 Å². The Bertz CT molecular complexity index is 656. The lowest BCUT2D eigenvalue weighted by molar-refractivity contribution is -0.142. The van der Waals surface area contributed by atoms with E-state index < -0.39 is 29.7 Å². The van der Waals surface area contributed by atoms with Crippen LogP contribution in [0, 0.1) is 5.92 Å². The Morgan fingerprint density at radius 1 is 1.28 bits per heavy atom. The van der Waals surface area contributed by atoms with Crippen LogP contribution in [0.25, 0.3) is 0 Å². The van der Waals surface area contributed by atoms with Crippen molar-refractivity contribution in [3.8, 4) is 0 Å². The monoisotopic (exact) mass is 408 g/mol. The van der Waals surface area contributed by atoms with Crippen molar-refractivity contribution in [2.75, 3.05) is 13.1 Å². The molecule has 8 heteroatoms. The fraction of sp³-hybridized carbons (Fsp3) is 0.762. The van der Waals surface area contributed by atoms with E-state index in [-0.39, 0.29) is 11.9 Å². The number of nitrogens with zero attached hydrogens (tertiary/aromatic N) is 2. The molecule has 0 aromatic carbocycles. The molecule has 0 aromatic rings. The number of hydrogen-bond donors (Lipinski definition) is 2. The van der Waals surface area contributed by atoms with Gasteiger partial charge in [-0.1, -0.05) is 20.4 Å². The molecule has 3 unspecified atom stereocenters. The summed E-state index contributed by atoms with van der Waals surface area (Å²) in [6, 6.07) is -1.53. The van der Waals surface area contributed by atoms with E-state index in [0.29, 0.717) is 25.4 Å². The Hall–Kier alpha value is -2.25. The SMILES string of the molecule is C=C(CC(C)C)N1CCC2CCC(C(N)=O)N2C(=O)C(NC(=O)OC(C)(C)C)C1. The zero-order valence-corrected chi connectivity index (χ0v) is 18.4. The second kappa shape index (κ2) is 9.05. The number of carbonyl (C=O) groups excluding carboxylic acids is 3. The molecule has 29 heavy (non-hydrogen) atoms. The molecule has 2 aliphatic rings. The maximum Gasteiger partial charge on any atom is 0.408 e. The number of alkyl carbamates (subject to hydrolysis) is 1. The van der Waals surface area contributed by atoms with Crippen LogP contribution in [-0.2, 0) is 14.3 Å². The average molecular weight is 409 g/mol. The fourth-order valence-electron chi connectivity index (χ4n) is 4.10. The van der Waals surface area contributed by atoms with E-state index in [1.165, 1.54) is 0 Å². The van der Waals surface area contributed by atoms with Crippen LogP contribution < -0.4 is 11.1 Å². The summed E-state index contributed by atoms with van der Waals surface area (Å²) in [5.41, 5.74) is 5.81. The lowest BCUT2D eigenvalue weighted by Crippen LogP contribution is -2.60. The van der Waals surface area contributed by atoms with Crippen molar-refractivity contribution in [3.63, 3.8) is 0 Å². The number of nitrogens with one attached hydrogen (secondary N) is 1. The molecule has 0 spiro atoms. The van der Waals surface area contributed by atoms with Crippen molar-refractivity contribution in [3.05, 3.63) is 12.3 Å². The minimum atomic E-state index is -0.837. The van der Waals surface area contributed by atoms with E-state index in [0.717, 1.165) is 25.0 Å². The molecule has 2 fully saturated rings. The summed E-state index contributed by atoms with van der Waals surface area (Å²) in [5, 5.41) is 2.72. The van der Waals surface area contributed by atoms with Gasteiger partial charge in [0.05, 0.1) is 0 Å². The first-order valence-corrected chi connectivity index (χ1v) is 10.4. The zero-order valence-electron chi connectivity index (χ0n) is 18.4. The van der Waals surface area contributed by atoms with Gasteiger partial charge in [-0.25, -0.2) is 4.79 Å². The molecular formula is C21H36N4O4. The van der Waals surface area contributed by atoms with E-state index in [9.17, 15) is 14.4 Å². The summed E-state index contributed by atoms with van der Waals surface area (Å²) in [6.45, 7) is 14.7. The van der Waals surface area contributed by atoms with E-state index in [4.69, 9.17) is 10.5 Å². The van der Waals surface area contributed by atoms with Gasteiger partial charge in [0.2, 0.25) is 11.8 Å². The quantitative estimate of drug-likeness (QED) is 0.724. The summed E-state index contributed by atoms with van der Waals surface area (Å²) in [6.07, 6.45) is 2.18. The lowest BCUT2D eigenvalue weighted by Gasteiger charge is -2.40. The Morgan fingerprint density at radius 3 is 2.48 bits per heavy atom. The van der Waals surface area contributed by atoms with Crippen molar-refractivity contribution in [1.29, 1.82) is 0 Å². The summed E-state index contributed by atoms with van der Waals surface area (Å²) < 4.78 is 5.35. The van der Waals surface area contributed by atoms with Crippen LogP contribution in [0.5, 0.6) is 0 Å². The second-order valence-electron chi connectivity index (χ2n) is 9.49. The van der Waals surface area contributed by atoms with Gasteiger partial charge in [0.25, 0.3) is 0 Å². The third-order valence-electron chi connectivity index (χ3n) is 5.30. The molecule has 2 heterocycles. The second-order valence-corrected chi connectivity index (χ2v) is 9.49. The van der Waals surface area contributed by atoms with E-state index in [1.54, 1.807) is 25.7 Å². The van der Waals surface area contributed by atoms with Crippen molar-refractivity contribution < 1.29 is 19.1 Å². The molecule has 3 atom stereocenters. The van der Waals surface area contributed by atoms with Crippen LogP contribution in [0.3, 0.4) is 0 Å². The van der Waals surface area contributed by atoms with Gasteiger partial charge in [-0.15, -0.1) is 0 Å². The Morgan fingerprint density at radius 2 is 1.93 bits per heavy atom. The van der Waals surface area contributed by atoms with Gasteiger partial charge in [-0.05, 0) is 52.4 Å². The number of fused-ring (bicyclic) bond motifs is 1. The Labute approximate surface area is 173 Å². The van der Waals surface area contributed by atoms with Gasteiger partial charge >= 0.3 is 6.09 Å². The molecule has 8 nitrogen and oxygen atoms in total. The normalized spacial score (nSPS) is 25.3. The van der Waals surface area contributed by atoms with Crippen LogP contribution in [0.15, 0.2) is 12.3 Å². The smallest absolute Gasteiger partial charge is 0.408 e. The van der Waals surface area contributed by atoms with Gasteiger partial charge in [-0.3, -0.25) is 9.59 Å². The standard InChI is InChI=1S/C21H36N4O4/c1-13(2)11-14(3)24-10-9-15-7-8-17(18(22)26)25(15)19(27)16(12-24)23-20(28)29-21(4,5)6/h13,15-17H,3,7-12H2,1-2,4-6H3,(H2,22,26)(H,23,28). The topological polar surface area (TPSA) is 105 Å². The molecule has 2 saturated heterocycles. The molecule has 0 saturated carbocycles. The molecule has 3 amide bonds. The fourth-order valence-corrected chi connectivity index (χ4v) is 4.10. The van der Waals surface area contributed by atoms with Crippen molar-refractivity contribution in [1.82, 2.24) is 15.1 Å². The van der Waals surface area contributed by atoms with Crippen molar-refractivity contribution in [2.45, 2.75) is 84.0 Å². The number of rotatable bonds is 5. The lowest BCUT2D eigenvalue weighted by atomic mass is 10.0. The zero-order chi connectivity index (χ0) is 21.9. The van der Waals surface area contributed by atoms with Crippen LogP contribution in [-0.4, -0.2) is 64.5 Å². The van der Waals surface area contributed by atoms with Gasteiger partial charge in [0, 0.05) is 24.8 Å². The number of primary amides is 1. The first-order valence-electron chi connectivity index (χ1n) is 10.4. The molecule has 0 bridgehead atoms. The minimum absolute atomic E-state index is 0.0717. The molecule has 0 radical (unpaired) electrons. The van der Waals surface area contributed by atoms with Crippen molar-refractivity contribution >= 4 is 17.9 Å². The first-order chi connectivity index (χ1) is 13.4. The summed E-state index contributed by atoms with van der Waals surface area (Å²) in [5.74, 6) is -0.356. The molecule has 0 aliphatic carbocycles. The minimum Gasteiger partial charge on any atom is -0.444 e. The predicted molar refractivity (Wildman–Crippen MR) is 111 cm³/mol. The maximum atomic E-state index is 13.4. The molecule has 2 aliphatic heterocycles.